The van der Waals surface area contributed by atoms with Gasteiger partial charge in [0.05, 0.1) is 18.8 Å². The molecule has 0 aromatic carbocycles. The SMILES string of the molecule is C/C=N/Nc1nc(N2CCOCC2)c2cc(C(=O)N3CCNCC3)cn2n1. The molecular formula is C17H24N8O2. The van der Waals surface area contributed by atoms with Crippen molar-refractivity contribution in [2.24, 2.45) is 5.10 Å². The third kappa shape index (κ3) is 3.71. The van der Waals surface area contributed by atoms with E-state index in [9.17, 15) is 4.79 Å². The monoisotopic (exact) mass is 372 g/mol. The van der Waals surface area contributed by atoms with Gasteiger partial charge in [0.25, 0.3) is 11.9 Å². The van der Waals surface area contributed by atoms with Gasteiger partial charge in [-0.3, -0.25) is 4.79 Å². The molecule has 0 bridgehead atoms. The number of hydrogen-bond donors (Lipinski definition) is 2. The largest absolute Gasteiger partial charge is 0.378 e. The number of ether oxygens (including phenoxy) is 1. The van der Waals surface area contributed by atoms with Gasteiger partial charge in [-0.05, 0) is 13.0 Å². The number of rotatable bonds is 4. The Labute approximate surface area is 157 Å². The van der Waals surface area contributed by atoms with Gasteiger partial charge in [0.1, 0.15) is 5.52 Å². The van der Waals surface area contributed by atoms with E-state index in [1.807, 2.05) is 17.9 Å². The van der Waals surface area contributed by atoms with Crippen molar-refractivity contribution >= 4 is 29.4 Å². The number of piperazine rings is 1. The first-order chi connectivity index (χ1) is 13.3. The van der Waals surface area contributed by atoms with Crippen LogP contribution in [0.15, 0.2) is 17.4 Å². The molecule has 1 amide bonds. The van der Waals surface area contributed by atoms with Gasteiger partial charge in [-0.1, -0.05) is 0 Å². The fourth-order valence-corrected chi connectivity index (χ4v) is 3.33. The average Bonchev–Trinajstić information content (AvgIpc) is 3.16. The fraction of sp³-hybridized carbons (Fsp3) is 0.529. The van der Waals surface area contributed by atoms with E-state index in [0.717, 1.165) is 37.5 Å². The molecule has 0 atom stereocenters. The summed E-state index contributed by atoms with van der Waals surface area (Å²) >= 11 is 0. The number of hydrogen-bond acceptors (Lipinski definition) is 8. The minimum Gasteiger partial charge on any atom is -0.378 e. The van der Waals surface area contributed by atoms with Crippen LogP contribution in [-0.2, 0) is 4.74 Å². The molecule has 2 aliphatic rings. The number of carbonyl (C=O) groups is 1. The van der Waals surface area contributed by atoms with Gasteiger partial charge in [-0.25, -0.2) is 9.94 Å². The molecule has 2 aromatic rings. The molecule has 0 aliphatic carbocycles. The van der Waals surface area contributed by atoms with Crippen LogP contribution < -0.4 is 15.6 Å². The summed E-state index contributed by atoms with van der Waals surface area (Å²) in [4.78, 5) is 21.5. The van der Waals surface area contributed by atoms with Crippen molar-refractivity contribution in [2.45, 2.75) is 6.92 Å². The molecule has 10 nitrogen and oxygen atoms in total. The van der Waals surface area contributed by atoms with Crippen molar-refractivity contribution in [3.63, 3.8) is 0 Å². The number of nitrogens with zero attached hydrogens (tertiary/aromatic N) is 6. The topological polar surface area (TPSA) is 99.4 Å². The second kappa shape index (κ2) is 7.89. The zero-order valence-corrected chi connectivity index (χ0v) is 15.4. The van der Waals surface area contributed by atoms with Crippen LogP contribution in [0.1, 0.15) is 17.3 Å². The van der Waals surface area contributed by atoms with Crippen LogP contribution in [0, 0.1) is 0 Å². The number of morpholine rings is 1. The van der Waals surface area contributed by atoms with Gasteiger partial charge in [0.2, 0.25) is 0 Å². The van der Waals surface area contributed by atoms with E-state index in [4.69, 9.17) is 4.74 Å². The Morgan fingerprint density at radius 2 is 2.07 bits per heavy atom. The summed E-state index contributed by atoms with van der Waals surface area (Å²) in [6.45, 7) is 7.68. The summed E-state index contributed by atoms with van der Waals surface area (Å²) in [5.41, 5.74) is 4.26. The van der Waals surface area contributed by atoms with Crippen LogP contribution in [0.3, 0.4) is 0 Å². The standard InChI is InChI=1S/C17H24N8O2/c1-2-19-21-17-20-15(23-7-9-27-10-8-23)14-11-13(12-25(14)22-17)16(26)24-5-3-18-4-6-24/h2,11-12,18H,3-10H2,1H3,(H,21,22)/b19-2+. The minimum absolute atomic E-state index is 0.0241. The third-order valence-electron chi connectivity index (χ3n) is 4.70. The maximum Gasteiger partial charge on any atom is 0.263 e. The summed E-state index contributed by atoms with van der Waals surface area (Å²) in [5, 5.41) is 11.7. The maximum absolute atomic E-state index is 12.9. The third-order valence-corrected chi connectivity index (χ3v) is 4.70. The highest BCUT2D eigenvalue weighted by Gasteiger charge is 2.23. The van der Waals surface area contributed by atoms with Crippen LogP contribution in [0.5, 0.6) is 0 Å². The highest BCUT2D eigenvalue weighted by Crippen LogP contribution is 2.24. The van der Waals surface area contributed by atoms with E-state index in [1.165, 1.54) is 0 Å². The molecule has 2 aliphatic heterocycles. The summed E-state index contributed by atoms with van der Waals surface area (Å²) in [7, 11) is 0. The Morgan fingerprint density at radius 1 is 1.30 bits per heavy atom. The molecule has 2 fully saturated rings. The lowest BCUT2D eigenvalue weighted by atomic mass is 10.2. The first-order valence-electron chi connectivity index (χ1n) is 9.23. The van der Waals surface area contributed by atoms with E-state index in [-0.39, 0.29) is 5.91 Å². The molecule has 144 valence electrons. The first kappa shape index (κ1) is 17.7. The Morgan fingerprint density at radius 3 is 2.81 bits per heavy atom. The lowest BCUT2D eigenvalue weighted by Gasteiger charge is -2.28. The van der Waals surface area contributed by atoms with E-state index < -0.39 is 0 Å². The van der Waals surface area contributed by atoms with Crippen LogP contribution >= 0.6 is 0 Å². The van der Waals surface area contributed by atoms with Crippen LogP contribution in [0.25, 0.3) is 5.52 Å². The molecule has 2 aromatic heterocycles. The maximum atomic E-state index is 12.9. The predicted molar refractivity (Wildman–Crippen MR) is 103 cm³/mol. The minimum atomic E-state index is 0.0241. The Balaban J connectivity index is 1.71. The van der Waals surface area contributed by atoms with Crippen molar-refractivity contribution in [3.05, 3.63) is 17.8 Å². The van der Waals surface area contributed by atoms with Crippen molar-refractivity contribution in [1.29, 1.82) is 0 Å². The van der Waals surface area contributed by atoms with Crippen molar-refractivity contribution in [2.75, 3.05) is 62.8 Å². The van der Waals surface area contributed by atoms with Gasteiger partial charge in [0, 0.05) is 51.7 Å². The first-order valence-corrected chi connectivity index (χ1v) is 9.23. The van der Waals surface area contributed by atoms with Gasteiger partial charge in [0.15, 0.2) is 5.82 Å². The van der Waals surface area contributed by atoms with Gasteiger partial charge >= 0.3 is 0 Å². The number of aromatic nitrogens is 3. The van der Waals surface area contributed by atoms with Gasteiger partial charge < -0.3 is 19.9 Å². The number of anilines is 2. The molecule has 27 heavy (non-hydrogen) atoms. The number of fused-ring (bicyclic) bond motifs is 1. The molecule has 2 N–H and O–H groups in total. The smallest absolute Gasteiger partial charge is 0.263 e. The van der Waals surface area contributed by atoms with E-state index in [0.29, 0.717) is 37.8 Å². The highest BCUT2D eigenvalue weighted by molar-refractivity contribution is 5.96. The quantitative estimate of drug-likeness (QED) is 0.577. The number of hydrazone groups is 1. The molecule has 0 unspecified atom stereocenters. The normalized spacial score (nSPS) is 18.4. The van der Waals surface area contributed by atoms with Crippen molar-refractivity contribution in [1.82, 2.24) is 24.8 Å². The van der Waals surface area contributed by atoms with E-state index in [1.54, 1.807) is 16.9 Å². The Kier molecular flexibility index (Phi) is 5.16. The molecule has 4 rings (SSSR count). The fourth-order valence-electron chi connectivity index (χ4n) is 3.33. The zero-order chi connectivity index (χ0) is 18.6. The van der Waals surface area contributed by atoms with E-state index >= 15 is 0 Å². The van der Waals surface area contributed by atoms with Gasteiger partial charge in [-0.2, -0.15) is 10.1 Å². The van der Waals surface area contributed by atoms with Gasteiger partial charge in [-0.15, -0.1) is 5.10 Å². The molecule has 4 heterocycles. The lowest BCUT2D eigenvalue weighted by Crippen LogP contribution is -2.46. The van der Waals surface area contributed by atoms with Crippen LogP contribution in [0.4, 0.5) is 11.8 Å². The Hall–Kier alpha value is -2.72. The molecule has 10 heteroatoms. The number of carbonyl (C=O) groups excluding carboxylic acids is 1. The summed E-state index contributed by atoms with van der Waals surface area (Å²) < 4.78 is 7.16. The predicted octanol–water partition coefficient (Wildman–Crippen LogP) is 0.0289. The second-order valence-corrected chi connectivity index (χ2v) is 6.46. The Bertz CT molecular complexity index is 837. The van der Waals surface area contributed by atoms with Crippen LogP contribution in [-0.4, -0.2) is 84.1 Å². The molecular weight excluding hydrogens is 348 g/mol. The van der Waals surface area contributed by atoms with E-state index in [2.05, 4.69) is 30.8 Å². The highest BCUT2D eigenvalue weighted by atomic mass is 16.5. The molecule has 0 radical (unpaired) electrons. The second-order valence-electron chi connectivity index (χ2n) is 6.46. The summed E-state index contributed by atoms with van der Waals surface area (Å²) in [5.74, 6) is 1.19. The van der Waals surface area contributed by atoms with Crippen molar-refractivity contribution in [3.8, 4) is 0 Å². The van der Waals surface area contributed by atoms with Crippen molar-refractivity contribution < 1.29 is 9.53 Å². The average molecular weight is 372 g/mol. The lowest BCUT2D eigenvalue weighted by molar-refractivity contribution is 0.0736. The summed E-state index contributed by atoms with van der Waals surface area (Å²) in [6, 6.07) is 1.88. The molecule has 0 spiro atoms. The summed E-state index contributed by atoms with van der Waals surface area (Å²) in [6.07, 6.45) is 3.41. The number of nitrogens with one attached hydrogen (secondary N) is 2. The zero-order valence-electron chi connectivity index (χ0n) is 15.4. The van der Waals surface area contributed by atoms with Crippen LogP contribution in [0.2, 0.25) is 0 Å². The molecule has 0 saturated carbocycles. The molecule has 2 saturated heterocycles. The number of amides is 1.